The van der Waals surface area contributed by atoms with Gasteiger partial charge in [0.1, 0.15) is 5.69 Å². The Bertz CT molecular complexity index is 292. The molecular weight excluding hydrogens is 232 g/mol. The second-order valence-electron chi connectivity index (χ2n) is 3.50. The van der Waals surface area contributed by atoms with Crippen molar-refractivity contribution < 1.29 is 5.11 Å². The van der Waals surface area contributed by atoms with Crippen LogP contribution in [0.3, 0.4) is 0 Å². The third-order valence-electron chi connectivity index (χ3n) is 2.61. The van der Waals surface area contributed by atoms with Gasteiger partial charge in [-0.3, -0.25) is 4.68 Å². The average molecular weight is 245 g/mol. The Kier molecular flexibility index (Phi) is 2.69. The Morgan fingerprint density at radius 1 is 1.54 bits per heavy atom. The van der Waals surface area contributed by atoms with Crippen molar-refractivity contribution in [1.29, 1.82) is 0 Å². The highest BCUT2D eigenvalue weighted by Crippen LogP contribution is 2.30. The zero-order chi connectivity index (χ0) is 9.26. The van der Waals surface area contributed by atoms with Gasteiger partial charge in [0.25, 0.3) is 0 Å². The Balaban J connectivity index is 2.20. The van der Waals surface area contributed by atoms with Crippen LogP contribution < -0.4 is 0 Å². The molecule has 0 aliphatic heterocycles. The van der Waals surface area contributed by atoms with Gasteiger partial charge in [-0.05, 0) is 28.8 Å². The normalized spacial score (nSPS) is 18.3. The Morgan fingerprint density at radius 2 is 2.23 bits per heavy atom. The van der Waals surface area contributed by atoms with Crippen LogP contribution in [0.2, 0.25) is 0 Å². The Morgan fingerprint density at radius 3 is 2.77 bits per heavy atom. The zero-order valence-corrected chi connectivity index (χ0v) is 9.00. The third-order valence-corrected chi connectivity index (χ3v) is 3.27. The van der Waals surface area contributed by atoms with Crippen LogP contribution in [-0.4, -0.2) is 14.9 Å². The topological polar surface area (TPSA) is 38.1 Å². The molecule has 2 rings (SSSR count). The maximum absolute atomic E-state index is 8.97. The molecule has 0 unspecified atom stereocenters. The maximum atomic E-state index is 8.97. The minimum absolute atomic E-state index is 0.0142. The lowest BCUT2D eigenvalue weighted by molar-refractivity contribution is 0.273. The Labute approximate surface area is 85.9 Å². The SMILES string of the molecule is OCc1nn(C2CCCC2)cc1Br. The van der Waals surface area contributed by atoms with E-state index in [1.54, 1.807) is 0 Å². The molecule has 1 aromatic heterocycles. The Hall–Kier alpha value is -0.350. The number of aliphatic hydroxyl groups excluding tert-OH is 1. The molecule has 1 saturated carbocycles. The molecular formula is C9H13BrN2O. The molecule has 1 aliphatic carbocycles. The number of nitrogens with zero attached hydrogens (tertiary/aromatic N) is 2. The van der Waals surface area contributed by atoms with E-state index in [1.807, 2.05) is 10.9 Å². The summed E-state index contributed by atoms with van der Waals surface area (Å²) in [7, 11) is 0. The molecule has 1 heterocycles. The summed E-state index contributed by atoms with van der Waals surface area (Å²) in [4.78, 5) is 0. The quantitative estimate of drug-likeness (QED) is 0.867. The lowest BCUT2D eigenvalue weighted by Crippen LogP contribution is -2.05. The number of aliphatic hydroxyl groups is 1. The van der Waals surface area contributed by atoms with E-state index in [-0.39, 0.29) is 6.61 Å². The molecule has 13 heavy (non-hydrogen) atoms. The number of rotatable bonds is 2. The molecule has 1 N–H and O–H groups in total. The maximum Gasteiger partial charge on any atom is 0.102 e. The first kappa shape index (κ1) is 9.21. The zero-order valence-electron chi connectivity index (χ0n) is 7.41. The fourth-order valence-corrected chi connectivity index (χ4v) is 2.28. The lowest BCUT2D eigenvalue weighted by Gasteiger charge is -2.08. The van der Waals surface area contributed by atoms with Gasteiger partial charge in [-0.15, -0.1) is 0 Å². The second-order valence-corrected chi connectivity index (χ2v) is 4.35. The van der Waals surface area contributed by atoms with Crippen molar-refractivity contribution in [3.8, 4) is 0 Å². The number of hydrogen-bond acceptors (Lipinski definition) is 2. The van der Waals surface area contributed by atoms with Crippen molar-refractivity contribution >= 4 is 15.9 Å². The molecule has 0 saturated heterocycles. The van der Waals surface area contributed by atoms with Gasteiger partial charge in [0.05, 0.1) is 17.1 Å². The molecule has 4 heteroatoms. The molecule has 0 atom stereocenters. The summed E-state index contributed by atoms with van der Waals surface area (Å²) in [6.45, 7) is 0.0142. The molecule has 1 aromatic rings. The predicted molar refractivity (Wildman–Crippen MR) is 53.4 cm³/mol. The van der Waals surface area contributed by atoms with Gasteiger partial charge in [-0.25, -0.2) is 0 Å². The van der Waals surface area contributed by atoms with Gasteiger partial charge in [-0.2, -0.15) is 5.10 Å². The fourth-order valence-electron chi connectivity index (χ4n) is 1.87. The van der Waals surface area contributed by atoms with Crippen molar-refractivity contribution in [3.63, 3.8) is 0 Å². The molecule has 0 amide bonds. The molecule has 72 valence electrons. The standard InChI is InChI=1S/C9H13BrN2O/c10-8-5-12(11-9(8)6-13)7-3-1-2-4-7/h5,7,13H,1-4,6H2. The molecule has 0 spiro atoms. The van der Waals surface area contributed by atoms with Gasteiger partial charge < -0.3 is 5.11 Å². The molecule has 1 aliphatic rings. The van der Waals surface area contributed by atoms with E-state index in [0.29, 0.717) is 6.04 Å². The van der Waals surface area contributed by atoms with E-state index in [0.717, 1.165) is 10.2 Å². The van der Waals surface area contributed by atoms with Crippen LogP contribution in [0.5, 0.6) is 0 Å². The lowest BCUT2D eigenvalue weighted by atomic mass is 10.3. The van der Waals surface area contributed by atoms with Gasteiger partial charge in [-0.1, -0.05) is 12.8 Å². The first-order chi connectivity index (χ1) is 6.31. The van der Waals surface area contributed by atoms with E-state index in [9.17, 15) is 0 Å². The van der Waals surface area contributed by atoms with Crippen LogP contribution in [0.4, 0.5) is 0 Å². The van der Waals surface area contributed by atoms with E-state index in [2.05, 4.69) is 21.0 Å². The summed E-state index contributed by atoms with van der Waals surface area (Å²) < 4.78 is 2.91. The fraction of sp³-hybridized carbons (Fsp3) is 0.667. The minimum atomic E-state index is 0.0142. The first-order valence-electron chi connectivity index (χ1n) is 4.65. The second kappa shape index (κ2) is 3.80. The summed E-state index contributed by atoms with van der Waals surface area (Å²) in [6.07, 6.45) is 7.02. The summed E-state index contributed by atoms with van der Waals surface area (Å²) in [5.74, 6) is 0. The highest BCUT2D eigenvalue weighted by atomic mass is 79.9. The van der Waals surface area contributed by atoms with Crippen LogP contribution >= 0.6 is 15.9 Å². The molecule has 0 radical (unpaired) electrons. The largest absolute Gasteiger partial charge is 0.390 e. The summed E-state index contributed by atoms with van der Waals surface area (Å²) in [5, 5.41) is 13.3. The van der Waals surface area contributed by atoms with Crippen LogP contribution in [0.15, 0.2) is 10.7 Å². The molecule has 3 nitrogen and oxygen atoms in total. The third kappa shape index (κ3) is 1.79. The van der Waals surface area contributed by atoms with Crippen molar-refractivity contribution in [1.82, 2.24) is 9.78 Å². The van der Waals surface area contributed by atoms with Crippen molar-refractivity contribution in [2.75, 3.05) is 0 Å². The van der Waals surface area contributed by atoms with E-state index in [4.69, 9.17) is 5.11 Å². The van der Waals surface area contributed by atoms with Gasteiger partial charge in [0, 0.05) is 6.20 Å². The van der Waals surface area contributed by atoms with E-state index >= 15 is 0 Å². The number of halogens is 1. The average Bonchev–Trinajstić information content (AvgIpc) is 2.71. The molecule has 0 aromatic carbocycles. The number of aromatic nitrogens is 2. The minimum Gasteiger partial charge on any atom is -0.390 e. The van der Waals surface area contributed by atoms with Crippen LogP contribution in [0.25, 0.3) is 0 Å². The van der Waals surface area contributed by atoms with Crippen LogP contribution in [0, 0.1) is 0 Å². The predicted octanol–water partition coefficient (Wildman–Crippen LogP) is 2.25. The van der Waals surface area contributed by atoms with Crippen LogP contribution in [0.1, 0.15) is 37.4 Å². The number of hydrogen-bond donors (Lipinski definition) is 1. The smallest absolute Gasteiger partial charge is 0.102 e. The van der Waals surface area contributed by atoms with Crippen LogP contribution in [-0.2, 0) is 6.61 Å². The summed E-state index contributed by atoms with van der Waals surface area (Å²) >= 11 is 3.38. The molecule has 1 fully saturated rings. The van der Waals surface area contributed by atoms with Gasteiger partial charge in [0.2, 0.25) is 0 Å². The van der Waals surface area contributed by atoms with Crippen molar-refractivity contribution in [2.45, 2.75) is 38.3 Å². The highest BCUT2D eigenvalue weighted by Gasteiger charge is 2.18. The summed E-state index contributed by atoms with van der Waals surface area (Å²) in [6, 6.07) is 0.552. The monoisotopic (exact) mass is 244 g/mol. The van der Waals surface area contributed by atoms with E-state index < -0.39 is 0 Å². The first-order valence-corrected chi connectivity index (χ1v) is 5.45. The van der Waals surface area contributed by atoms with E-state index in [1.165, 1.54) is 25.7 Å². The van der Waals surface area contributed by atoms with Crippen molar-refractivity contribution in [3.05, 3.63) is 16.4 Å². The molecule has 0 bridgehead atoms. The summed E-state index contributed by atoms with van der Waals surface area (Å²) in [5.41, 5.74) is 0.743. The van der Waals surface area contributed by atoms with Crippen molar-refractivity contribution in [2.24, 2.45) is 0 Å². The highest BCUT2D eigenvalue weighted by molar-refractivity contribution is 9.10. The van der Waals surface area contributed by atoms with Gasteiger partial charge >= 0.3 is 0 Å². The van der Waals surface area contributed by atoms with Gasteiger partial charge in [0.15, 0.2) is 0 Å².